The Kier molecular flexibility index (Phi) is 8.83. The first-order valence-corrected chi connectivity index (χ1v) is 13.1. The quantitative estimate of drug-likeness (QED) is 0.568. The Balaban J connectivity index is 1.13. The highest BCUT2D eigenvalue weighted by Gasteiger charge is 2.24. The van der Waals surface area contributed by atoms with Gasteiger partial charge in [0, 0.05) is 42.3 Å². The number of hydrogen-bond acceptors (Lipinski definition) is 6. The molecule has 34 heavy (non-hydrogen) atoms. The molecule has 1 fully saturated rings. The summed E-state index contributed by atoms with van der Waals surface area (Å²) in [4.78, 5) is 24.7. The summed E-state index contributed by atoms with van der Waals surface area (Å²) in [5.74, 6) is 0.809. The maximum absolute atomic E-state index is 12.4. The summed E-state index contributed by atoms with van der Waals surface area (Å²) in [7, 11) is 0. The van der Waals surface area contributed by atoms with Gasteiger partial charge in [-0.05, 0) is 75.6 Å². The van der Waals surface area contributed by atoms with Crippen LogP contribution in [0.15, 0.2) is 18.3 Å². The van der Waals surface area contributed by atoms with E-state index in [9.17, 15) is 13.6 Å². The Bertz CT molecular complexity index is 921. The van der Waals surface area contributed by atoms with E-state index in [1.807, 2.05) is 19.1 Å². The summed E-state index contributed by atoms with van der Waals surface area (Å²) in [5.41, 5.74) is 2.96. The van der Waals surface area contributed by atoms with E-state index < -0.39 is 13.0 Å². The third-order valence-electron chi connectivity index (χ3n) is 6.80. The van der Waals surface area contributed by atoms with Crippen LogP contribution in [0.2, 0.25) is 0 Å². The van der Waals surface area contributed by atoms with Crippen molar-refractivity contribution in [1.29, 1.82) is 0 Å². The molecule has 0 spiro atoms. The highest BCUT2D eigenvalue weighted by atomic mass is 32.1. The van der Waals surface area contributed by atoms with Gasteiger partial charge in [-0.25, -0.2) is 13.8 Å². The number of nitrogens with zero attached hydrogens (tertiary/aromatic N) is 3. The molecule has 0 aromatic carbocycles. The third kappa shape index (κ3) is 7.43. The van der Waals surface area contributed by atoms with Gasteiger partial charge in [0.25, 0.3) is 11.6 Å². The van der Waals surface area contributed by atoms with Crippen molar-refractivity contribution in [2.24, 2.45) is 5.92 Å². The van der Waals surface area contributed by atoms with Gasteiger partial charge in [-0.3, -0.25) is 9.78 Å². The Morgan fingerprint density at radius 1 is 1.26 bits per heavy atom. The number of nitrogens with one attached hydrogen (secondary N) is 1. The number of halogens is 2. The number of aromatic nitrogens is 2. The molecular weight excluding hydrogens is 458 g/mol. The van der Waals surface area contributed by atoms with Crippen LogP contribution >= 0.6 is 11.3 Å². The van der Waals surface area contributed by atoms with Crippen molar-refractivity contribution < 1.29 is 18.3 Å². The topological polar surface area (TPSA) is 67.4 Å². The molecule has 1 aliphatic carbocycles. The molecule has 9 heteroatoms. The third-order valence-corrected chi connectivity index (χ3v) is 7.87. The average Bonchev–Trinajstić information content (AvgIpc) is 3.10. The van der Waals surface area contributed by atoms with Crippen LogP contribution in [0.3, 0.4) is 0 Å². The number of alkyl halides is 2. The SMILES string of the molecule is Cc1cc(CC(=O)NC2CCC(CCN3CCc4nc(OCC(F)F)sc4CC3)CC2)ccn1. The van der Waals surface area contributed by atoms with Crippen molar-refractivity contribution in [2.75, 3.05) is 26.2 Å². The molecule has 4 rings (SSSR count). The van der Waals surface area contributed by atoms with Crippen LogP contribution in [0.4, 0.5) is 8.78 Å². The number of ether oxygens (including phenoxy) is 1. The van der Waals surface area contributed by atoms with E-state index in [2.05, 4.69) is 20.2 Å². The van der Waals surface area contributed by atoms with Crippen molar-refractivity contribution in [1.82, 2.24) is 20.2 Å². The lowest BCUT2D eigenvalue weighted by molar-refractivity contribution is -0.121. The minimum atomic E-state index is -2.47. The second-order valence-electron chi connectivity index (χ2n) is 9.45. The number of amides is 1. The number of carbonyl (C=O) groups excluding carboxylic acids is 1. The minimum absolute atomic E-state index is 0.0995. The lowest BCUT2D eigenvalue weighted by Crippen LogP contribution is -2.39. The molecule has 1 N–H and O–H groups in total. The predicted octanol–water partition coefficient (Wildman–Crippen LogP) is 4.20. The summed E-state index contributed by atoms with van der Waals surface area (Å²) >= 11 is 1.41. The number of hydrogen-bond donors (Lipinski definition) is 1. The zero-order chi connectivity index (χ0) is 23.9. The summed E-state index contributed by atoms with van der Waals surface area (Å²) in [6.45, 7) is 4.35. The van der Waals surface area contributed by atoms with Crippen LogP contribution in [0.25, 0.3) is 0 Å². The fraction of sp³-hybridized carbons (Fsp3) is 0.640. The van der Waals surface area contributed by atoms with Crippen LogP contribution in [0, 0.1) is 12.8 Å². The molecule has 186 valence electrons. The maximum atomic E-state index is 12.4. The molecule has 2 aromatic rings. The monoisotopic (exact) mass is 492 g/mol. The largest absolute Gasteiger partial charge is 0.464 e. The average molecular weight is 493 g/mol. The van der Waals surface area contributed by atoms with Crippen molar-refractivity contribution >= 4 is 17.2 Å². The highest BCUT2D eigenvalue weighted by Crippen LogP contribution is 2.30. The number of aryl methyl sites for hydroxylation is 1. The molecule has 0 bridgehead atoms. The lowest BCUT2D eigenvalue weighted by atomic mass is 9.84. The number of rotatable bonds is 9. The second kappa shape index (κ2) is 12.0. The first-order valence-electron chi connectivity index (χ1n) is 12.3. The summed E-state index contributed by atoms with van der Waals surface area (Å²) in [6, 6.07) is 4.16. The van der Waals surface area contributed by atoms with Gasteiger partial charge in [0.15, 0.2) is 6.61 Å². The number of pyridine rings is 1. The van der Waals surface area contributed by atoms with E-state index in [0.717, 1.165) is 75.1 Å². The molecule has 0 atom stereocenters. The smallest absolute Gasteiger partial charge is 0.273 e. The van der Waals surface area contributed by atoms with Gasteiger partial charge in [0.1, 0.15) is 0 Å². The summed E-state index contributed by atoms with van der Waals surface area (Å²) in [5, 5.41) is 3.59. The van der Waals surface area contributed by atoms with Gasteiger partial charge >= 0.3 is 0 Å². The van der Waals surface area contributed by atoms with E-state index >= 15 is 0 Å². The van der Waals surface area contributed by atoms with Gasteiger partial charge in [-0.1, -0.05) is 11.3 Å². The van der Waals surface area contributed by atoms with Gasteiger partial charge in [-0.15, -0.1) is 0 Å². The molecule has 1 aliphatic heterocycles. The van der Waals surface area contributed by atoms with Crippen molar-refractivity contribution in [3.63, 3.8) is 0 Å². The van der Waals surface area contributed by atoms with Crippen molar-refractivity contribution in [2.45, 2.75) is 70.8 Å². The standard InChI is InChI=1S/C25H34F2N4O2S/c1-17-14-19(6-10-28-17)15-24(32)29-20-4-2-18(3-5-20)7-11-31-12-8-21-22(9-13-31)34-25(30-21)33-16-23(26)27/h6,10,14,18,20,23H,2-5,7-9,11-13,15-16H2,1H3,(H,29,32). The first kappa shape index (κ1) is 25.0. The van der Waals surface area contributed by atoms with Crippen LogP contribution in [0.5, 0.6) is 5.19 Å². The minimum Gasteiger partial charge on any atom is -0.464 e. The number of carbonyl (C=O) groups is 1. The van der Waals surface area contributed by atoms with Crippen molar-refractivity contribution in [3.05, 3.63) is 40.2 Å². The molecule has 0 radical (unpaired) electrons. The Hall–Kier alpha value is -2.13. The number of fused-ring (bicyclic) bond motifs is 1. The van der Waals surface area contributed by atoms with Crippen LogP contribution < -0.4 is 10.1 Å². The second-order valence-corrected chi connectivity index (χ2v) is 10.5. The molecule has 2 aliphatic rings. The van der Waals surface area contributed by atoms with E-state index in [1.165, 1.54) is 22.6 Å². The van der Waals surface area contributed by atoms with Crippen LogP contribution in [-0.2, 0) is 24.1 Å². The molecule has 3 heterocycles. The van der Waals surface area contributed by atoms with Gasteiger partial charge < -0.3 is 15.0 Å². The van der Waals surface area contributed by atoms with E-state index in [0.29, 0.717) is 17.5 Å². The van der Waals surface area contributed by atoms with Gasteiger partial charge in [0.2, 0.25) is 5.91 Å². The highest BCUT2D eigenvalue weighted by molar-refractivity contribution is 7.13. The molecule has 6 nitrogen and oxygen atoms in total. The fourth-order valence-corrected chi connectivity index (χ4v) is 5.90. The molecule has 2 aromatic heterocycles. The molecule has 0 unspecified atom stereocenters. The number of thiazole rings is 1. The van der Waals surface area contributed by atoms with Crippen LogP contribution in [0.1, 0.15) is 53.9 Å². The van der Waals surface area contributed by atoms with E-state index in [4.69, 9.17) is 4.74 Å². The molecule has 0 saturated heterocycles. The molecule has 1 saturated carbocycles. The first-order chi connectivity index (χ1) is 16.4. The van der Waals surface area contributed by atoms with E-state index in [-0.39, 0.29) is 11.9 Å². The Morgan fingerprint density at radius 2 is 2.06 bits per heavy atom. The Labute approximate surface area is 204 Å². The zero-order valence-electron chi connectivity index (χ0n) is 19.8. The predicted molar refractivity (Wildman–Crippen MR) is 129 cm³/mol. The van der Waals surface area contributed by atoms with Crippen molar-refractivity contribution in [3.8, 4) is 5.19 Å². The van der Waals surface area contributed by atoms with Crippen LogP contribution in [-0.4, -0.2) is 59.5 Å². The summed E-state index contributed by atoms with van der Waals surface area (Å²) in [6.07, 6.45) is 7.05. The summed E-state index contributed by atoms with van der Waals surface area (Å²) < 4.78 is 29.8. The normalized spacial score (nSPS) is 21.2. The zero-order valence-corrected chi connectivity index (χ0v) is 20.6. The molecule has 1 amide bonds. The Morgan fingerprint density at radius 3 is 2.82 bits per heavy atom. The van der Waals surface area contributed by atoms with E-state index in [1.54, 1.807) is 6.20 Å². The van der Waals surface area contributed by atoms with Gasteiger partial charge in [-0.2, -0.15) is 0 Å². The fourth-order valence-electron chi connectivity index (χ4n) is 4.94. The molecular formula is C25H34F2N4O2S. The lowest BCUT2D eigenvalue weighted by Gasteiger charge is -2.30. The maximum Gasteiger partial charge on any atom is 0.273 e. The van der Waals surface area contributed by atoms with Gasteiger partial charge in [0.05, 0.1) is 12.1 Å².